The highest BCUT2D eigenvalue weighted by molar-refractivity contribution is 14.0. The van der Waals surface area contributed by atoms with Crippen molar-refractivity contribution in [1.29, 1.82) is 0 Å². The van der Waals surface area contributed by atoms with Crippen LogP contribution in [0.3, 0.4) is 0 Å². The molecule has 0 unspecified atom stereocenters. The number of ether oxygens (including phenoxy) is 1. The minimum Gasteiger partial charge on any atom is -0.375 e. The molecule has 0 spiro atoms. The van der Waals surface area contributed by atoms with Crippen LogP contribution in [0.5, 0.6) is 0 Å². The van der Waals surface area contributed by atoms with E-state index in [4.69, 9.17) is 4.74 Å². The Hall–Kier alpha value is -1.67. The predicted molar refractivity (Wildman–Crippen MR) is 106 cm³/mol. The first-order valence-corrected chi connectivity index (χ1v) is 7.58. The van der Waals surface area contributed by atoms with Crippen LogP contribution < -0.4 is 10.6 Å². The number of rotatable bonds is 7. The van der Waals surface area contributed by atoms with Crippen LogP contribution in [0.2, 0.25) is 0 Å². The fourth-order valence-corrected chi connectivity index (χ4v) is 2.06. The van der Waals surface area contributed by atoms with E-state index in [1.165, 1.54) is 12.1 Å². The Morgan fingerprint density at radius 2 is 1.79 bits per heavy atom. The Morgan fingerprint density at radius 1 is 1.04 bits per heavy atom. The molecule has 0 saturated carbocycles. The van der Waals surface area contributed by atoms with E-state index in [9.17, 15) is 4.39 Å². The highest BCUT2D eigenvalue weighted by Gasteiger charge is 1.99. The number of benzene rings is 2. The molecule has 0 radical (unpaired) electrons. The van der Waals surface area contributed by atoms with E-state index in [-0.39, 0.29) is 29.8 Å². The highest BCUT2D eigenvalue weighted by atomic mass is 127. The molecule has 0 amide bonds. The van der Waals surface area contributed by atoms with E-state index in [2.05, 4.69) is 15.6 Å². The van der Waals surface area contributed by atoms with Gasteiger partial charge >= 0.3 is 0 Å². The van der Waals surface area contributed by atoms with Crippen molar-refractivity contribution in [2.75, 3.05) is 20.2 Å². The largest absolute Gasteiger partial charge is 0.375 e. The van der Waals surface area contributed by atoms with Crippen LogP contribution in [0.25, 0.3) is 0 Å². The van der Waals surface area contributed by atoms with Crippen molar-refractivity contribution >= 4 is 29.9 Å². The summed E-state index contributed by atoms with van der Waals surface area (Å²) in [6, 6.07) is 16.5. The summed E-state index contributed by atoms with van der Waals surface area (Å²) in [5.74, 6) is 0.430. The first-order chi connectivity index (χ1) is 11.3. The molecule has 24 heavy (non-hydrogen) atoms. The Morgan fingerprint density at radius 3 is 2.50 bits per heavy atom. The lowest BCUT2D eigenvalue weighted by atomic mass is 10.2. The Bertz CT molecular complexity index is 623. The predicted octanol–water partition coefficient (Wildman–Crippen LogP) is 3.33. The van der Waals surface area contributed by atoms with E-state index in [0.717, 1.165) is 11.1 Å². The van der Waals surface area contributed by atoms with Gasteiger partial charge in [0.2, 0.25) is 0 Å². The first kappa shape index (κ1) is 20.4. The molecule has 6 heteroatoms. The second kappa shape index (κ2) is 11.8. The van der Waals surface area contributed by atoms with Crippen molar-refractivity contribution in [2.24, 2.45) is 4.99 Å². The second-order valence-corrected chi connectivity index (χ2v) is 5.02. The number of nitrogens with zero attached hydrogens (tertiary/aromatic N) is 1. The fourth-order valence-electron chi connectivity index (χ4n) is 2.06. The van der Waals surface area contributed by atoms with Crippen LogP contribution in [0.4, 0.5) is 4.39 Å². The third-order valence-corrected chi connectivity index (χ3v) is 3.22. The molecule has 0 fully saturated rings. The highest BCUT2D eigenvalue weighted by Crippen LogP contribution is 2.02. The quantitative estimate of drug-likeness (QED) is 0.299. The summed E-state index contributed by atoms with van der Waals surface area (Å²) in [7, 11) is 1.70. The normalized spacial score (nSPS) is 10.8. The van der Waals surface area contributed by atoms with Crippen molar-refractivity contribution in [3.8, 4) is 0 Å². The molecule has 2 aromatic carbocycles. The van der Waals surface area contributed by atoms with Gasteiger partial charge in [-0.2, -0.15) is 0 Å². The molecule has 130 valence electrons. The van der Waals surface area contributed by atoms with Gasteiger partial charge in [0.15, 0.2) is 5.96 Å². The molecule has 4 nitrogen and oxygen atoms in total. The first-order valence-electron chi connectivity index (χ1n) is 7.58. The zero-order chi connectivity index (χ0) is 16.3. The molecule has 2 N–H and O–H groups in total. The molecule has 0 atom stereocenters. The lowest BCUT2D eigenvalue weighted by Gasteiger charge is -2.12. The number of nitrogens with one attached hydrogen (secondary N) is 2. The minimum atomic E-state index is -0.235. The molecule has 0 aromatic heterocycles. The van der Waals surface area contributed by atoms with Gasteiger partial charge in [-0.15, -0.1) is 24.0 Å². The maximum atomic E-state index is 13.1. The standard InChI is InChI=1S/C18H22FN3O.HI/c1-20-18(22-13-16-8-5-9-17(19)12-16)21-10-11-23-14-15-6-3-2-4-7-15;/h2-9,12H,10-11,13-14H2,1H3,(H2,20,21,22);1H. The Labute approximate surface area is 159 Å². The molecule has 0 bridgehead atoms. The summed E-state index contributed by atoms with van der Waals surface area (Å²) >= 11 is 0. The SMILES string of the molecule is CN=C(NCCOCc1ccccc1)NCc1cccc(F)c1.I. The molecule has 0 aliphatic carbocycles. The zero-order valence-corrected chi connectivity index (χ0v) is 16.0. The Balaban J connectivity index is 0.00000288. The maximum absolute atomic E-state index is 13.1. The molecule has 2 aromatic rings. The third kappa shape index (κ3) is 7.74. The zero-order valence-electron chi connectivity index (χ0n) is 13.7. The number of halogens is 2. The lowest BCUT2D eigenvalue weighted by Crippen LogP contribution is -2.38. The summed E-state index contributed by atoms with van der Waals surface area (Å²) in [5, 5.41) is 6.30. The van der Waals surface area contributed by atoms with Gasteiger partial charge < -0.3 is 15.4 Å². The maximum Gasteiger partial charge on any atom is 0.191 e. The number of aliphatic imine (C=N–C) groups is 1. The molecule has 0 saturated heterocycles. The molecular formula is C18H23FIN3O. The Kier molecular flexibility index (Phi) is 10.0. The van der Waals surface area contributed by atoms with Gasteiger partial charge in [0, 0.05) is 20.1 Å². The molecule has 2 rings (SSSR count). The van der Waals surface area contributed by atoms with E-state index in [1.807, 2.05) is 36.4 Å². The van der Waals surface area contributed by atoms with E-state index >= 15 is 0 Å². The van der Waals surface area contributed by atoms with Crippen LogP contribution in [0.15, 0.2) is 59.6 Å². The smallest absolute Gasteiger partial charge is 0.191 e. The molecule has 0 heterocycles. The third-order valence-electron chi connectivity index (χ3n) is 3.22. The number of guanidine groups is 1. The van der Waals surface area contributed by atoms with E-state index < -0.39 is 0 Å². The van der Waals surface area contributed by atoms with E-state index in [1.54, 1.807) is 13.1 Å². The summed E-state index contributed by atoms with van der Waals surface area (Å²) in [6.07, 6.45) is 0. The van der Waals surface area contributed by atoms with E-state index in [0.29, 0.717) is 32.3 Å². The van der Waals surface area contributed by atoms with Crippen LogP contribution in [-0.4, -0.2) is 26.2 Å². The van der Waals surface area contributed by atoms with Crippen LogP contribution in [0.1, 0.15) is 11.1 Å². The number of hydrogen-bond acceptors (Lipinski definition) is 2. The van der Waals surface area contributed by atoms with Gasteiger partial charge in [-0.05, 0) is 23.3 Å². The van der Waals surface area contributed by atoms with Gasteiger partial charge in [-0.3, -0.25) is 4.99 Å². The average Bonchev–Trinajstić information content (AvgIpc) is 2.58. The molecule has 0 aliphatic rings. The average molecular weight is 443 g/mol. The molecule has 0 aliphatic heterocycles. The minimum absolute atomic E-state index is 0. The summed E-state index contributed by atoms with van der Waals surface area (Å²) in [5.41, 5.74) is 2.02. The van der Waals surface area contributed by atoms with Crippen LogP contribution >= 0.6 is 24.0 Å². The van der Waals surface area contributed by atoms with Gasteiger partial charge in [-0.25, -0.2) is 4.39 Å². The second-order valence-electron chi connectivity index (χ2n) is 5.02. The van der Waals surface area contributed by atoms with Gasteiger partial charge in [-0.1, -0.05) is 42.5 Å². The summed E-state index contributed by atoms with van der Waals surface area (Å²) < 4.78 is 18.7. The van der Waals surface area contributed by atoms with Crippen molar-refractivity contribution in [1.82, 2.24) is 10.6 Å². The van der Waals surface area contributed by atoms with Crippen molar-refractivity contribution < 1.29 is 9.13 Å². The van der Waals surface area contributed by atoms with Gasteiger partial charge in [0.1, 0.15) is 5.82 Å². The van der Waals surface area contributed by atoms with Gasteiger partial charge in [0.25, 0.3) is 0 Å². The lowest BCUT2D eigenvalue weighted by molar-refractivity contribution is 0.125. The molecular weight excluding hydrogens is 420 g/mol. The monoisotopic (exact) mass is 443 g/mol. The van der Waals surface area contributed by atoms with Crippen molar-refractivity contribution in [3.63, 3.8) is 0 Å². The van der Waals surface area contributed by atoms with Crippen LogP contribution in [0, 0.1) is 5.82 Å². The topological polar surface area (TPSA) is 45.7 Å². The fraction of sp³-hybridized carbons (Fsp3) is 0.278. The summed E-state index contributed by atoms with van der Waals surface area (Å²) in [4.78, 5) is 4.13. The van der Waals surface area contributed by atoms with Gasteiger partial charge in [0.05, 0.1) is 13.2 Å². The van der Waals surface area contributed by atoms with Crippen molar-refractivity contribution in [2.45, 2.75) is 13.2 Å². The number of hydrogen-bond donors (Lipinski definition) is 2. The summed E-state index contributed by atoms with van der Waals surface area (Å²) in [6.45, 7) is 2.34. The van der Waals surface area contributed by atoms with Crippen LogP contribution in [-0.2, 0) is 17.9 Å². The van der Waals surface area contributed by atoms with Crippen molar-refractivity contribution in [3.05, 3.63) is 71.5 Å².